The molecule has 1 unspecified atom stereocenters. The minimum absolute atomic E-state index is 0.0307. The van der Waals surface area contributed by atoms with Crippen molar-refractivity contribution in [1.29, 1.82) is 0 Å². The molecule has 0 aliphatic heterocycles. The number of rotatable bonds is 4. The van der Waals surface area contributed by atoms with Gasteiger partial charge in [0.2, 0.25) is 5.91 Å². The Hall–Kier alpha value is -1.07. The summed E-state index contributed by atoms with van der Waals surface area (Å²) in [6, 6.07) is 4.36. The van der Waals surface area contributed by atoms with Crippen LogP contribution in [-0.2, 0) is 13.8 Å². The highest BCUT2D eigenvalue weighted by Crippen LogP contribution is 2.22. The van der Waals surface area contributed by atoms with Gasteiger partial charge in [0.15, 0.2) is 0 Å². The number of amides is 1. The molecule has 0 aliphatic rings. The van der Waals surface area contributed by atoms with E-state index in [1.54, 1.807) is 13.0 Å². The molecule has 0 radical (unpaired) electrons. The first-order chi connectivity index (χ1) is 8.25. The van der Waals surface area contributed by atoms with Crippen LogP contribution in [0.2, 0.25) is 0 Å². The fourth-order valence-electron chi connectivity index (χ4n) is 1.37. The van der Waals surface area contributed by atoms with Crippen LogP contribution in [0.5, 0.6) is 0 Å². The zero-order valence-corrected chi connectivity index (χ0v) is 12.1. The number of hydrogen-bond donors (Lipinski definition) is 1. The molecule has 1 N–H and O–H groups in total. The molecule has 0 bridgehead atoms. The Labute approximate surface area is 112 Å². The van der Waals surface area contributed by atoms with Crippen LogP contribution in [0, 0.1) is 12.8 Å². The Morgan fingerprint density at radius 2 is 2.06 bits per heavy atom. The molecule has 0 heterocycles. The summed E-state index contributed by atoms with van der Waals surface area (Å²) in [5, 5.41) is 2.76. The molecule has 0 spiro atoms. The van der Waals surface area contributed by atoms with E-state index in [-0.39, 0.29) is 16.7 Å². The molecule has 0 fully saturated rings. The minimum Gasteiger partial charge on any atom is -0.326 e. The predicted octanol–water partition coefficient (Wildman–Crippen LogP) is 2.91. The van der Waals surface area contributed by atoms with E-state index in [0.29, 0.717) is 11.3 Å². The van der Waals surface area contributed by atoms with Gasteiger partial charge in [0, 0.05) is 22.3 Å². The third-order valence-corrected chi connectivity index (χ3v) is 4.15. The van der Waals surface area contributed by atoms with Gasteiger partial charge in [-0.25, -0.2) is 8.42 Å². The molecule has 1 atom stereocenters. The number of benzene rings is 1. The van der Waals surface area contributed by atoms with Gasteiger partial charge in [0.05, 0.1) is 4.90 Å². The lowest BCUT2D eigenvalue weighted by molar-refractivity contribution is -0.119. The first-order valence-electron chi connectivity index (χ1n) is 5.62. The SMILES string of the molecule is CCC(C)C(=O)Nc1ccc(S(=O)(=O)Cl)cc1C. The van der Waals surface area contributed by atoms with Gasteiger partial charge in [-0.2, -0.15) is 0 Å². The third-order valence-electron chi connectivity index (χ3n) is 2.80. The summed E-state index contributed by atoms with van der Waals surface area (Å²) in [4.78, 5) is 11.8. The average Bonchev–Trinajstić information content (AvgIpc) is 2.29. The molecule has 1 amide bonds. The Balaban J connectivity index is 2.97. The summed E-state index contributed by atoms with van der Waals surface area (Å²) < 4.78 is 22.3. The molecule has 1 aromatic carbocycles. The van der Waals surface area contributed by atoms with Crippen LogP contribution in [0.15, 0.2) is 23.1 Å². The molecule has 4 nitrogen and oxygen atoms in total. The number of carbonyl (C=O) groups excluding carboxylic acids is 1. The van der Waals surface area contributed by atoms with E-state index in [4.69, 9.17) is 10.7 Å². The van der Waals surface area contributed by atoms with Crippen molar-refractivity contribution < 1.29 is 13.2 Å². The monoisotopic (exact) mass is 289 g/mol. The molecule has 0 saturated carbocycles. The van der Waals surface area contributed by atoms with Gasteiger partial charge in [-0.3, -0.25) is 4.79 Å². The van der Waals surface area contributed by atoms with Gasteiger partial charge >= 0.3 is 0 Å². The number of anilines is 1. The molecule has 0 aromatic heterocycles. The van der Waals surface area contributed by atoms with Crippen molar-refractivity contribution in [2.24, 2.45) is 5.92 Å². The van der Waals surface area contributed by atoms with Gasteiger partial charge < -0.3 is 5.32 Å². The number of aryl methyl sites for hydroxylation is 1. The van der Waals surface area contributed by atoms with Crippen molar-refractivity contribution in [3.05, 3.63) is 23.8 Å². The lowest BCUT2D eigenvalue weighted by Gasteiger charge is -2.12. The van der Waals surface area contributed by atoms with Gasteiger partial charge in [0.25, 0.3) is 9.05 Å². The maximum absolute atomic E-state index is 11.7. The lowest BCUT2D eigenvalue weighted by Crippen LogP contribution is -2.20. The molecular formula is C12H16ClNO3S. The molecular weight excluding hydrogens is 274 g/mol. The van der Waals surface area contributed by atoms with E-state index in [2.05, 4.69) is 5.32 Å². The van der Waals surface area contributed by atoms with Gasteiger partial charge in [-0.1, -0.05) is 13.8 Å². The number of hydrogen-bond acceptors (Lipinski definition) is 3. The second kappa shape index (κ2) is 5.71. The van der Waals surface area contributed by atoms with Gasteiger partial charge in [-0.05, 0) is 37.1 Å². The zero-order chi connectivity index (χ0) is 13.9. The highest BCUT2D eigenvalue weighted by molar-refractivity contribution is 8.13. The van der Waals surface area contributed by atoms with Crippen molar-refractivity contribution in [3.63, 3.8) is 0 Å². The van der Waals surface area contributed by atoms with Crippen molar-refractivity contribution in [1.82, 2.24) is 0 Å². The van der Waals surface area contributed by atoms with E-state index >= 15 is 0 Å². The molecule has 0 saturated heterocycles. The second-order valence-electron chi connectivity index (χ2n) is 4.21. The maximum atomic E-state index is 11.7. The fraction of sp³-hybridized carbons (Fsp3) is 0.417. The predicted molar refractivity (Wildman–Crippen MR) is 72.3 cm³/mol. The summed E-state index contributed by atoms with van der Waals surface area (Å²) >= 11 is 0. The lowest BCUT2D eigenvalue weighted by atomic mass is 10.1. The van der Waals surface area contributed by atoms with Crippen molar-refractivity contribution in [3.8, 4) is 0 Å². The van der Waals surface area contributed by atoms with Crippen LogP contribution in [-0.4, -0.2) is 14.3 Å². The quantitative estimate of drug-likeness (QED) is 0.867. The van der Waals surface area contributed by atoms with Crippen LogP contribution >= 0.6 is 10.7 Å². The largest absolute Gasteiger partial charge is 0.326 e. The van der Waals surface area contributed by atoms with Crippen LogP contribution < -0.4 is 5.32 Å². The number of nitrogens with one attached hydrogen (secondary N) is 1. The maximum Gasteiger partial charge on any atom is 0.261 e. The standard InChI is InChI=1S/C12H16ClNO3S/c1-4-8(2)12(15)14-11-6-5-10(7-9(11)3)18(13,16)17/h5-8H,4H2,1-3H3,(H,14,15). The zero-order valence-electron chi connectivity index (χ0n) is 10.5. The van der Waals surface area contributed by atoms with Crippen molar-refractivity contribution >= 4 is 31.3 Å². The molecule has 6 heteroatoms. The fourth-order valence-corrected chi connectivity index (χ4v) is 2.21. The Bertz CT molecular complexity index is 554. The van der Waals surface area contributed by atoms with E-state index < -0.39 is 9.05 Å². The van der Waals surface area contributed by atoms with Gasteiger partial charge in [0.1, 0.15) is 0 Å². The summed E-state index contributed by atoms with van der Waals surface area (Å²) in [6.07, 6.45) is 0.749. The van der Waals surface area contributed by atoms with Crippen LogP contribution in [0.4, 0.5) is 5.69 Å². The summed E-state index contributed by atoms with van der Waals surface area (Å²) in [7, 11) is 1.51. The van der Waals surface area contributed by atoms with E-state index in [1.165, 1.54) is 12.1 Å². The highest BCUT2D eigenvalue weighted by atomic mass is 35.7. The molecule has 100 valence electrons. The number of carbonyl (C=O) groups is 1. The molecule has 0 aliphatic carbocycles. The average molecular weight is 290 g/mol. The second-order valence-corrected chi connectivity index (χ2v) is 6.78. The Morgan fingerprint density at radius 1 is 1.44 bits per heavy atom. The third kappa shape index (κ3) is 3.71. The minimum atomic E-state index is -3.73. The highest BCUT2D eigenvalue weighted by Gasteiger charge is 2.14. The molecule has 1 rings (SSSR count). The smallest absolute Gasteiger partial charge is 0.261 e. The van der Waals surface area contributed by atoms with Crippen LogP contribution in [0.3, 0.4) is 0 Å². The van der Waals surface area contributed by atoms with E-state index in [0.717, 1.165) is 6.42 Å². The van der Waals surface area contributed by atoms with Crippen LogP contribution in [0.1, 0.15) is 25.8 Å². The molecule has 18 heavy (non-hydrogen) atoms. The van der Waals surface area contributed by atoms with Crippen molar-refractivity contribution in [2.75, 3.05) is 5.32 Å². The van der Waals surface area contributed by atoms with Crippen molar-refractivity contribution in [2.45, 2.75) is 32.1 Å². The first kappa shape index (κ1) is 15.0. The Morgan fingerprint density at radius 3 is 2.50 bits per heavy atom. The van der Waals surface area contributed by atoms with E-state index in [9.17, 15) is 13.2 Å². The van der Waals surface area contributed by atoms with Gasteiger partial charge in [-0.15, -0.1) is 0 Å². The summed E-state index contributed by atoms with van der Waals surface area (Å²) in [5.74, 6) is -0.164. The topological polar surface area (TPSA) is 63.2 Å². The molecule has 1 aromatic rings. The Kier molecular flexibility index (Phi) is 4.76. The first-order valence-corrected chi connectivity index (χ1v) is 7.92. The summed E-state index contributed by atoms with van der Waals surface area (Å²) in [5.41, 5.74) is 1.26. The van der Waals surface area contributed by atoms with E-state index in [1.807, 2.05) is 13.8 Å². The number of halogens is 1. The summed E-state index contributed by atoms with van der Waals surface area (Å²) in [6.45, 7) is 5.49. The normalized spacial score (nSPS) is 13.1. The van der Waals surface area contributed by atoms with Crippen LogP contribution in [0.25, 0.3) is 0 Å².